The molecule has 0 saturated heterocycles. The molecular weight excluding hydrogens is 411 g/mol. The predicted octanol–water partition coefficient (Wildman–Crippen LogP) is 4.16. The molecule has 10 heteroatoms. The quantitative estimate of drug-likeness (QED) is 0.433. The van der Waals surface area contributed by atoms with Crippen LogP contribution in [-0.4, -0.2) is 63.6 Å². The maximum absolute atomic E-state index is 13.7. The van der Waals surface area contributed by atoms with Crippen molar-refractivity contribution in [1.29, 1.82) is 0 Å². The zero-order valence-corrected chi connectivity index (χ0v) is 18.7. The molecule has 160 valence electrons. The molecule has 2 aliphatic heterocycles. The van der Waals surface area contributed by atoms with E-state index >= 15 is 0 Å². The molecule has 2 aliphatic rings. The van der Waals surface area contributed by atoms with Crippen molar-refractivity contribution in [1.82, 2.24) is 10.2 Å². The minimum absolute atomic E-state index is 0.0415. The van der Waals surface area contributed by atoms with Gasteiger partial charge in [-0.3, -0.25) is 0 Å². The lowest BCUT2D eigenvalue weighted by atomic mass is 9.92. The summed E-state index contributed by atoms with van der Waals surface area (Å²) in [5.41, 5.74) is -0.259. The van der Waals surface area contributed by atoms with E-state index in [1.165, 1.54) is 11.0 Å². The molecule has 0 spiro atoms. The highest BCUT2D eigenvalue weighted by Gasteiger charge is 2.50. The molecule has 0 aromatic carbocycles. The van der Waals surface area contributed by atoms with Crippen molar-refractivity contribution in [2.24, 2.45) is 10.9 Å². The van der Waals surface area contributed by atoms with Gasteiger partial charge in [-0.15, -0.1) is 0 Å². The number of hydrogen-bond acceptors (Lipinski definition) is 5. The number of dihydropyridines is 1. The third-order valence-corrected chi connectivity index (χ3v) is 6.45. The topological polar surface area (TPSA) is 46.1 Å². The first kappa shape index (κ1) is 23.2. The normalized spacial score (nSPS) is 23.8. The largest absolute Gasteiger partial charge is 0.414 e. The van der Waals surface area contributed by atoms with E-state index in [4.69, 9.17) is 21.1 Å². The molecule has 0 saturated carbocycles. The molecule has 1 N–H and O–H groups in total. The average molecular weight is 440 g/mol. The van der Waals surface area contributed by atoms with Gasteiger partial charge in [-0.25, -0.2) is 4.99 Å². The smallest absolute Gasteiger partial charge is 0.383 e. The van der Waals surface area contributed by atoms with Crippen LogP contribution in [0.4, 0.5) is 13.2 Å². The van der Waals surface area contributed by atoms with Crippen molar-refractivity contribution in [3.05, 3.63) is 23.5 Å². The van der Waals surface area contributed by atoms with Gasteiger partial charge in [0.05, 0.1) is 18.1 Å². The molecule has 5 nitrogen and oxygen atoms in total. The number of nitrogens with zero attached hydrogens (tertiary/aromatic N) is 2. The van der Waals surface area contributed by atoms with Crippen molar-refractivity contribution in [3.8, 4) is 0 Å². The van der Waals surface area contributed by atoms with Crippen molar-refractivity contribution >= 4 is 24.8 Å². The Morgan fingerprint density at radius 2 is 2.04 bits per heavy atom. The average Bonchev–Trinajstić information content (AvgIpc) is 2.90. The van der Waals surface area contributed by atoms with Gasteiger partial charge >= 0.3 is 6.18 Å². The molecule has 0 fully saturated rings. The minimum atomic E-state index is -4.47. The number of ether oxygens (including phenoxy) is 2. The Bertz CT molecular complexity index is 647. The number of alkyl halides is 3. The number of rotatable bonds is 9. The molecule has 0 amide bonds. The number of hydrogen-bond donors (Lipinski definition) is 1. The number of halogens is 4. The van der Waals surface area contributed by atoms with Crippen molar-refractivity contribution in [2.75, 3.05) is 27.1 Å². The maximum atomic E-state index is 13.7. The summed E-state index contributed by atoms with van der Waals surface area (Å²) in [5, 5.41) is 3.26. The van der Waals surface area contributed by atoms with Crippen molar-refractivity contribution in [3.63, 3.8) is 0 Å². The van der Waals surface area contributed by atoms with Crippen LogP contribution in [-0.2, 0) is 9.47 Å². The first-order valence-corrected chi connectivity index (χ1v) is 13.3. The first-order valence-electron chi connectivity index (χ1n) is 9.25. The number of methoxy groups -OCH3 is 1. The highest BCUT2D eigenvalue weighted by molar-refractivity contribution is 6.76. The molecule has 0 aliphatic carbocycles. The van der Waals surface area contributed by atoms with Crippen molar-refractivity contribution < 1.29 is 22.6 Å². The Kier molecular flexibility index (Phi) is 7.63. The number of aliphatic imine (C=N–C) groups is 1. The van der Waals surface area contributed by atoms with Crippen LogP contribution >= 0.6 is 11.6 Å². The second kappa shape index (κ2) is 9.19. The van der Waals surface area contributed by atoms with Crippen LogP contribution < -0.4 is 5.32 Å². The van der Waals surface area contributed by atoms with Crippen LogP contribution in [0.3, 0.4) is 0 Å². The highest BCUT2D eigenvalue weighted by Crippen LogP contribution is 2.44. The van der Waals surface area contributed by atoms with E-state index < -0.39 is 31.9 Å². The van der Waals surface area contributed by atoms with Crippen LogP contribution in [0.15, 0.2) is 28.5 Å². The third-order valence-electron chi connectivity index (χ3n) is 4.54. The van der Waals surface area contributed by atoms with Crippen LogP contribution in [0.25, 0.3) is 0 Å². The van der Waals surface area contributed by atoms with Gasteiger partial charge in [-0.05, 0) is 19.0 Å². The lowest BCUT2D eigenvalue weighted by Gasteiger charge is -2.33. The fourth-order valence-electron chi connectivity index (χ4n) is 3.17. The van der Waals surface area contributed by atoms with E-state index in [1.54, 1.807) is 7.11 Å². The predicted molar refractivity (Wildman–Crippen MR) is 108 cm³/mol. The van der Waals surface area contributed by atoms with Crippen LogP contribution in [0.2, 0.25) is 25.7 Å². The lowest BCUT2D eigenvalue weighted by Crippen LogP contribution is -2.42. The van der Waals surface area contributed by atoms with Gasteiger partial charge in [0.15, 0.2) is 0 Å². The molecule has 2 unspecified atom stereocenters. The van der Waals surface area contributed by atoms with Gasteiger partial charge in [0.25, 0.3) is 0 Å². The molecule has 28 heavy (non-hydrogen) atoms. The van der Waals surface area contributed by atoms with E-state index in [-0.39, 0.29) is 17.9 Å². The highest BCUT2D eigenvalue weighted by atomic mass is 35.5. The van der Waals surface area contributed by atoms with E-state index in [0.29, 0.717) is 18.9 Å². The van der Waals surface area contributed by atoms with E-state index in [9.17, 15) is 13.2 Å². The van der Waals surface area contributed by atoms with E-state index in [0.717, 1.165) is 12.2 Å². The van der Waals surface area contributed by atoms with Gasteiger partial charge in [-0.2, -0.15) is 13.2 Å². The van der Waals surface area contributed by atoms with Gasteiger partial charge < -0.3 is 19.7 Å². The Labute approximate surface area is 170 Å². The Morgan fingerprint density at radius 1 is 1.36 bits per heavy atom. The van der Waals surface area contributed by atoms with Crippen molar-refractivity contribution in [2.45, 2.75) is 51.0 Å². The van der Waals surface area contributed by atoms with Crippen LogP contribution in [0.5, 0.6) is 0 Å². The number of nitrogens with one attached hydrogen (secondary N) is 1. The second-order valence-electron chi connectivity index (χ2n) is 8.39. The fraction of sp³-hybridized carbons (Fsp3) is 0.722. The fourth-order valence-corrected chi connectivity index (χ4v) is 4.14. The first-order chi connectivity index (χ1) is 12.9. The van der Waals surface area contributed by atoms with E-state index in [2.05, 4.69) is 30.0 Å². The second-order valence-corrected chi connectivity index (χ2v) is 14.4. The van der Waals surface area contributed by atoms with Gasteiger partial charge in [0.2, 0.25) is 0 Å². The summed E-state index contributed by atoms with van der Waals surface area (Å²) in [4.78, 5) is 5.74. The molecule has 2 rings (SSSR count). The summed E-state index contributed by atoms with van der Waals surface area (Å²) >= 11 is 6.12. The molecule has 3 atom stereocenters. The maximum Gasteiger partial charge on any atom is 0.414 e. The van der Waals surface area contributed by atoms with Crippen LogP contribution in [0, 0.1) is 5.92 Å². The molecule has 0 bridgehead atoms. The summed E-state index contributed by atoms with van der Waals surface area (Å²) < 4.78 is 51.9. The number of allylic oxidation sites excluding steroid dienone is 1. The summed E-state index contributed by atoms with van der Waals surface area (Å²) in [5.74, 6) is -0.970. The summed E-state index contributed by atoms with van der Waals surface area (Å²) in [7, 11) is 0.264. The summed E-state index contributed by atoms with van der Waals surface area (Å²) in [6.45, 7) is 9.42. The van der Waals surface area contributed by atoms with Gasteiger partial charge in [-0.1, -0.05) is 31.2 Å². The zero-order chi connectivity index (χ0) is 21.1. The number of fused-ring (bicyclic) bond motifs is 1. The molecular formula is C18H29ClF3N3O2Si. The standard InChI is InChI=1S/C18H29ClF3N3O2Si/c1-12(10-26-2)23-14-8-15(19)24-17-16(14)13(18(20,21)22)9-25(17)11-27-6-7-28(3,4)5/h8-9,12,16-17,23H,6-7,10-11H2,1-5H3/t12-,16?,17?/m1/s1. The molecule has 0 aromatic heterocycles. The Balaban J connectivity index is 2.18. The molecule has 0 radical (unpaired) electrons. The summed E-state index contributed by atoms with van der Waals surface area (Å²) in [6, 6.07) is 0.770. The summed E-state index contributed by atoms with van der Waals surface area (Å²) in [6.07, 6.45) is -2.68. The van der Waals surface area contributed by atoms with Crippen LogP contribution in [0.1, 0.15) is 6.92 Å². The SMILES string of the molecule is COC[C@@H](C)NC1=CC(Cl)=NC2C1C(C(F)(F)F)=CN2COCC[Si](C)(C)C. The lowest BCUT2D eigenvalue weighted by molar-refractivity contribution is -0.0973. The third kappa shape index (κ3) is 6.23. The zero-order valence-electron chi connectivity index (χ0n) is 16.9. The van der Waals surface area contributed by atoms with Gasteiger partial charge in [0, 0.05) is 39.7 Å². The molecule has 2 heterocycles. The minimum Gasteiger partial charge on any atom is -0.383 e. The van der Waals surface area contributed by atoms with E-state index in [1.807, 2.05) is 6.92 Å². The molecule has 0 aromatic rings. The Hall–Kier alpha value is -1.03. The Morgan fingerprint density at radius 3 is 2.61 bits per heavy atom. The van der Waals surface area contributed by atoms with Gasteiger partial charge in [0.1, 0.15) is 18.1 Å². The monoisotopic (exact) mass is 439 g/mol.